The zero-order valence-corrected chi connectivity index (χ0v) is 20.8. The van der Waals surface area contributed by atoms with Gasteiger partial charge >= 0.3 is 0 Å². The Kier molecular flexibility index (Phi) is 6.45. The van der Waals surface area contributed by atoms with Gasteiger partial charge in [0.25, 0.3) is 5.91 Å². The van der Waals surface area contributed by atoms with Crippen LogP contribution in [0.3, 0.4) is 0 Å². The van der Waals surface area contributed by atoms with Crippen molar-refractivity contribution < 1.29 is 19.0 Å². The molecule has 1 atom stereocenters. The molecule has 5 heteroatoms. The van der Waals surface area contributed by atoms with E-state index in [1.807, 2.05) is 41.3 Å². The first-order chi connectivity index (χ1) is 15.6. The number of carbonyl (C=O) groups excluding carboxylic acids is 1. The summed E-state index contributed by atoms with van der Waals surface area (Å²) in [4.78, 5) is 15.3. The number of ether oxygens (including phenoxy) is 3. The molecule has 0 radical (unpaired) electrons. The van der Waals surface area contributed by atoms with Crippen LogP contribution in [-0.2, 0) is 10.2 Å². The van der Waals surface area contributed by atoms with E-state index in [9.17, 15) is 4.79 Å². The van der Waals surface area contributed by atoms with E-state index in [0.29, 0.717) is 18.7 Å². The highest BCUT2D eigenvalue weighted by atomic mass is 16.5. The molecule has 1 saturated heterocycles. The van der Waals surface area contributed by atoms with E-state index in [2.05, 4.69) is 40.7 Å². The Labute approximate surface area is 198 Å². The molecule has 2 aromatic rings. The van der Waals surface area contributed by atoms with Crippen molar-refractivity contribution in [3.8, 4) is 11.5 Å². The van der Waals surface area contributed by atoms with Crippen LogP contribution < -0.4 is 9.47 Å². The lowest BCUT2D eigenvalue weighted by atomic mass is 9.81. The minimum atomic E-state index is -0.293. The molecular formula is C28H37NO4. The van der Waals surface area contributed by atoms with E-state index < -0.39 is 0 Å². The van der Waals surface area contributed by atoms with Crippen molar-refractivity contribution in [1.29, 1.82) is 0 Å². The first-order valence-electron chi connectivity index (χ1n) is 12.0. The largest absolute Gasteiger partial charge is 0.496 e. The quantitative estimate of drug-likeness (QED) is 0.579. The molecule has 2 aromatic carbocycles. The minimum Gasteiger partial charge on any atom is -0.496 e. The van der Waals surface area contributed by atoms with Gasteiger partial charge in [-0.3, -0.25) is 4.79 Å². The van der Waals surface area contributed by atoms with Crippen molar-refractivity contribution >= 4 is 5.91 Å². The van der Waals surface area contributed by atoms with Crippen molar-refractivity contribution in [3.05, 3.63) is 59.2 Å². The first-order valence-corrected chi connectivity index (χ1v) is 12.0. The van der Waals surface area contributed by atoms with Gasteiger partial charge in [-0.05, 0) is 43.0 Å². The van der Waals surface area contributed by atoms with E-state index in [1.165, 1.54) is 0 Å². The molecule has 0 saturated carbocycles. The zero-order valence-electron chi connectivity index (χ0n) is 20.8. The fraction of sp³-hybridized carbons (Fsp3) is 0.536. The van der Waals surface area contributed by atoms with E-state index in [1.54, 1.807) is 7.11 Å². The van der Waals surface area contributed by atoms with Gasteiger partial charge in [-0.15, -0.1) is 0 Å². The van der Waals surface area contributed by atoms with Gasteiger partial charge in [-0.25, -0.2) is 0 Å². The molecule has 4 rings (SSSR count). The van der Waals surface area contributed by atoms with Crippen LogP contribution in [0.5, 0.6) is 11.5 Å². The molecule has 5 nitrogen and oxygen atoms in total. The summed E-state index contributed by atoms with van der Waals surface area (Å²) in [6.45, 7) is 11.9. The molecular weight excluding hydrogens is 414 g/mol. The summed E-state index contributed by atoms with van der Waals surface area (Å²) in [6.07, 6.45) is 2.57. The number of hydrogen-bond acceptors (Lipinski definition) is 4. The monoisotopic (exact) mass is 451 g/mol. The smallest absolute Gasteiger partial charge is 0.253 e. The maximum atomic E-state index is 13.3. The van der Waals surface area contributed by atoms with Crippen LogP contribution in [-0.4, -0.2) is 42.7 Å². The Morgan fingerprint density at radius 3 is 2.45 bits per heavy atom. The number of methoxy groups -OCH3 is 1. The van der Waals surface area contributed by atoms with Crippen LogP contribution in [0.2, 0.25) is 0 Å². The molecule has 0 N–H and O–H groups in total. The van der Waals surface area contributed by atoms with Gasteiger partial charge in [-0.1, -0.05) is 45.0 Å². The number of rotatable bonds is 4. The molecule has 1 amide bonds. The molecule has 1 spiro atoms. The Morgan fingerprint density at radius 1 is 1.12 bits per heavy atom. The predicted molar refractivity (Wildman–Crippen MR) is 130 cm³/mol. The molecule has 1 fully saturated rings. The third-order valence-electron chi connectivity index (χ3n) is 6.80. The number of fused-ring (bicyclic) bond motifs is 1. The van der Waals surface area contributed by atoms with Gasteiger partial charge in [-0.2, -0.15) is 0 Å². The Balaban J connectivity index is 1.49. The second kappa shape index (κ2) is 9.02. The lowest BCUT2D eigenvalue weighted by Crippen LogP contribution is -2.52. The van der Waals surface area contributed by atoms with Gasteiger partial charge in [0.1, 0.15) is 17.1 Å². The van der Waals surface area contributed by atoms with Gasteiger partial charge in [0, 0.05) is 43.5 Å². The van der Waals surface area contributed by atoms with Crippen molar-refractivity contribution in [2.75, 3.05) is 20.2 Å². The van der Waals surface area contributed by atoms with E-state index in [-0.39, 0.29) is 29.1 Å². The van der Waals surface area contributed by atoms with Crippen LogP contribution in [0.15, 0.2) is 42.5 Å². The second-order valence-corrected chi connectivity index (χ2v) is 10.7. The normalized spacial score (nSPS) is 19.8. The van der Waals surface area contributed by atoms with Crippen molar-refractivity contribution in [3.63, 3.8) is 0 Å². The topological polar surface area (TPSA) is 48.0 Å². The van der Waals surface area contributed by atoms with Gasteiger partial charge in [0.05, 0.1) is 19.3 Å². The number of nitrogens with zero attached hydrogens (tertiary/aromatic N) is 1. The van der Waals surface area contributed by atoms with Crippen molar-refractivity contribution in [2.24, 2.45) is 0 Å². The summed E-state index contributed by atoms with van der Waals surface area (Å²) < 4.78 is 18.4. The summed E-state index contributed by atoms with van der Waals surface area (Å²) in [6, 6.07) is 14.0. The fourth-order valence-electron chi connectivity index (χ4n) is 5.06. The maximum Gasteiger partial charge on any atom is 0.253 e. The third-order valence-corrected chi connectivity index (χ3v) is 6.80. The highest BCUT2D eigenvalue weighted by molar-refractivity contribution is 5.95. The van der Waals surface area contributed by atoms with Crippen molar-refractivity contribution in [2.45, 2.75) is 77.1 Å². The van der Waals surface area contributed by atoms with Crippen LogP contribution in [0.4, 0.5) is 0 Å². The summed E-state index contributed by atoms with van der Waals surface area (Å²) in [5.41, 5.74) is 2.56. The number of amides is 1. The number of likely N-dealkylation sites (tertiary alicyclic amines) is 1. The number of hydrogen-bond donors (Lipinski definition) is 0. The molecule has 0 bridgehead atoms. The van der Waals surface area contributed by atoms with Crippen LogP contribution >= 0.6 is 0 Å². The maximum absolute atomic E-state index is 13.3. The van der Waals surface area contributed by atoms with Crippen LogP contribution in [0, 0.1) is 0 Å². The molecule has 2 aliphatic rings. The molecule has 0 aliphatic carbocycles. The van der Waals surface area contributed by atoms with E-state index >= 15 is 0 Å². The van der Waals surface area contributed by atoms with E-state index in [4.69, 9.17) is 14.2 Å². The van der Waals surface area contributed by atoms with Crippen molar-refractivity contribution in [1.82, 2.24) is 4.90 Å². The second-order valence-electron chi connectivity index (χ2n) is 10.7. The van der Waals surface area contributed by atoms with Gasteiger partial charge in [0.15, 0.2) is 0 Å². The van der Waals surface area contributed by atoms with Gasteiger partial charge < -0.3 is 19.1 Å². The standard InChI is InChI=1S/C28H37NO4/c1-19(2)32-25-18-28(33-23-10-8-7-9-21(23)25)13-15-29(16-14-28)26(30)20-11-12-22(27(3,4)5)24(17-20)31-6/h7-12,17,19,25H,13-16,18H2,1-6H3. The predicted octanol–water partition coefficient (Wildman–Crippen LogP) is 5.92. The average molecular weight is 452 g/mol. The summed E-state index contributed by atoms with van der Waals surface area (Å²) in [5.74, 6) is 1.73. The Hall–Kier alpha value is -2.53. The molecule has 33 heavy (non-hydrogen) atoms. The number of para-hydroxylation sites is 1. The van der Waals surface area contributed by atoms with Crippen LogP contribution in [0.1, 0.15) is 81.5 Å². The number of piperidine rings is 1. The lowest BCUT2D eigenvalue weighted by Gasteiger charge is -2.47. The Bertz CT molecular complexity index is 999. The van der Waals surface area contributed by atoms with E-state index in [0.717, 1.165) is 41.9 Å². The summed E-state index contributed by atoms with van der Waals surface area (Å²) >= 11 is 0. The Morgan fingerprint density at radius 2 is 1.82 bits per heavy atom. The van der Waals surface area contributed by atoms with Crippen LogP contribution in [0.25, 0.3) is 0 Å². The minimum absolute atomic E-state index is 0.0198. The highest BCUT2D eigenvalue weighted by Gasteiger charge is 2.44. The molecule has 1 unspecified atom stereocenters. The summed E-state index contributed by atoms with van der Waals surface area (Å²) in [7, 11) is 1.66. The summed E-state index contributed by atoms with van der Waals surface area (Å²) in [5, 5.41) is 0. The van der Waals surface area contributed by atoms with Gasteiger partial charge in [0.2, 0.25) is 0 Å². The third kappa shape index (κ3) is 4.89. The first kappa shape index (κ1) is 23.6. The average Bonchev–Trinajstić information content (AvgIpc) is 2.77. The SMILES string of the molecule is COc1cc(C(=O)N2CCC3(CC2)CC(OC(C)C)c2ccccc2O3)ccc1C(C)(C)C. The number of benzene rings is 2. The highest BCUT2D eigenvalue weighted by Crippen LogP contribution is 2.46. The fourth-order valence-corrected chi connectivity index (χ4v) is 5.06. The number of carbonyl (C=O) groups is 1. The molecule has 178 valence electrons. The lowest BCUT2D eigenvalue weighted by molar-refractivity contribution is -0.0872. The molecule has 2 heterocycles. The molecule has 0 aromatic heterocycles. The molecule has 2 aliphatic heterocycles. The zero-order chi connectivity index (χ0) is 23.8.